The first-order valence-electron chi connectivity index (χ1n) is 5.18. The fraction of sp³-hybridized carbons (Fsp3) is 0. The first-order valence-corrected chi connectivity index (χ1v) is 5.55. The summed E-state index contributed by atoms with van der Waals surface area (Å²) in [5, 5.41) is 18.4. The van der Waals surface area contributed by atoms with Gasteiger partial charge in [0.25, 0.3) is 0 Å². The summed E-state index contributed by atoms with van der Waals surface area (Å²) in [5.41, 5.74) is 2.46. The van der Waals surface area contributed by atoms with Crippen molar-refractivity contribution in [3.8, 4) is 17.0 Å². The number of phenolic OH excluding ortho intramolecular Hbond substituents is 1. The van der Waals surface area contributed by atoms with Crippen LogP contribution in [0.3, 0.4) is 0 Å². The van der Waals surface area contributed by atoms with Crippen LogP contribution in [0.25, 0.3) is 22.2 Å². The molecule has 2 N–H and O–H groups in total. The van der Waals surface area contributed by atoms with Gasteiger partial charge in [-0.25, -0.2) is 0 Å². The van der Waals surface area contributed by atoms with Crippen molar-refractivity contribution in [3.05, 3.63) is 47.5 Å². The van der Waals surface area contributed by atoms with Gasteiger partial charge in [0.2, 0.25) is 0 Å². The maximum Gasteiger partial charge on any atom is 0.127 e. The highest BCUT2D eigenvalue weighted by atomic mass is 35.5. The van der Waals surface area contributed by atoms with Gasteiger partial charge in [-0.1, -0.05) is 29.8 Å². The summed E-state index contributed by atoms with van der Waals surface area (Å²) in [6, 6.07) is 12.7. The maximum atomic E-state index is 9.87. The highest BCUT2D eigenvalue weighted by Crippen LogP contribution is 2.32. The molecule has 3 aromatic rings. The van der Waals surface area contributed by atoms with E-state index in [-0.39, 0.29) is 5.75 Å². The molecule has 2 aromatic carbocycles. The second-order valence-electron chi connectivity index (χ2n) is 3.78. The molecule has 0 fully saturated rings. The number of hydrogen-bond donors (Lipinski definition) is 2. The lowest BCUT2D eigenvalue weighted by Gasteiger charge is -1.99. The molecule has 0 aliphatic rings. The minimum absolute atomic E-state index is 0.223. The number of H-pyrrole nitrogens is 1. The van der Waals surface area contributed by atoms with Gasteiger partial charge in [-0.05, 0) is 24.3 Å². The van der Waals surface area contributed by atoms with Gasteiger partial charge < -0.3 is 5.11 Å². The van der Waals surface area contributed by atoms with E-state index in [1.54, 1.807) is 24.3 Å². The van der Waals surface area contributed by atoms with Crippen molar-refractivity contribution in [2.24, 2.45) is 0 Å². The molecule has 1 aromatic heterocycles. The third-order valence-corrected chi connectivity index (χ3v) is 2.94. The van der Waals surface area contributed by atoms with Crippen LogP contribution in [0.5, 0.6) is 5.75 Å². The molecule has 0 unspecified atom stereocenters. The van der Waals surface area contributed by atoms with Crippen LogP contribution in [0.4, 0.5) is 0 Å². The summed E-state index contributed by atoms with van der Waals surface area (Å²) >= 11 is 5.84. The Morgan fingerprint density at radius 3 is 2.59 bits per heavy atom. The summed E-state index contributed by atoms with van der Waals surface area (Å²) in [6.07, 6.45) is 0. The fourth-order valence-electron chi connectivity index (χ4n) is 1.87. The van der Waals surface area contributed by atoms with Crippen LogP contribution in [0.15, 0.2) is 42.5 Å². The van der Waals surface area contributed by atoms with Crippen LogP contribution in [0, 0.1) is 0 Å². The number of aromatic amines is 1. The molecule has 1 heterocycles. The predicted molar refractivity (Wildman–Crippen MR) is 68.2 cm³/mol. The number of benzene rings is 2. The lowest BCUT2D eigenvalue weighted by atomic mass is 10.1. The van der Waals surface area contributed by atoms with Gasteiger partial charge in [0.05, 0.1) is 10.9 Å². The number of fused-ring (bicyclic) bond motifs is 1. The number of aromatic nitrogens is 2. The third-order valence-electron chi connectivity index (χ3n) is 2.69. The van der Waals surface area contributed by atoms with E-state index in [9.17, 15) is 5.11 Å². The highest BCUT2D eigenvalue weighted by molar-refractivity contribution is 6.30. The Morgan fingerprint density at radius 2 is 1.82 bits per heavy atom. The molecule has 0 aliphatic heterocycles. The molecule has 0 amide bonds. The van der Waals surface area contributed by atoms with Crippen molar-refractivity contribution in [3.63, 3.8) is 0 Å². The number of halogens is 1. The maximum absolute atomic E-state index is 9.87. The topological polar surface area (TPSA) is 48.9 Å². The number of phenols is 1. The summed E-state index contributed by atoms with van der Waals surface area (Å²) < 4.78 is 0. The minimum atomic E-state index is 0.223. The average Bonchev–Trinajstić information content (AvgIpc) is 2.75. The molecule has 0 atom stereocenters. The molecule has 0 radical (unpaired) electrons. The largest absolute Gasteiger partial charge is 0.507 e. The Bertz CT molecular complexity index is 673. The predicted octanol–water partition coefficient (Wildman–Crippen LogP) is 3.59. The monoisotopic (exact) mass is 244 g/mol. The van der Waals surface area contributed by atoms with Crippen LogP contribution in [-0.4, -0.2) is 15.3 Å². The van der Waals surface area contributed by atoms with E-state index in [4.69, 9.17) is 11.6 Å². The summed E-state index contributed by atoms with van der Waals surface area (Å²) in [6.45, 7) is 0. The Labute approximate surface area is 103 Å². The summed E-state index contributed by atoms with van der Waals surface area (Å²) in [4.78, 5) is 0. The zero-order chi connectivity index (χ0) is 11.8. The van der Waals surface area contributed by atoms with Gasteiger partial charge in [0.15, 0.2) is 0 Å². The van der Waals surface area contributed by atoms with Gasteiger partial charge >= 0.3 is 0 Å². The smallest absolute Gasteiger partial charge is 0.127 e. The third kappa shape index (κ3) is 1.65. The highest BCUT2D eigenvalue weighted by Gasteiger charge is 2.11. The second kappa shape index (κ2) is 3.79. The van der Waals surface area contributed by atoms with E-state index >= 15 is 0 Å². The lowest BCUT2D eigenvalue weighted by molar-refractivity contribution is 0.482. The first kappa shape index (κ1) is 10.2. The molecular formula is C13H9ClN2O. The van der Waals surface area contributed by atoms with Crippen molar-refractivity contribution in [1.29, 1.82) is 0 Å². The molecule has 0 bridgehead atoms. The van der Waals surface area contributed by atoms with Crippen LogP contribution >= 0.6 is 11.6 Å². The molecule has 84 valence electrons. The lowest BCUT2D eigenvalue weighted by Crippen LogP contribution is -1.78. The zero-order valence-electron chi connectivity index (χ0n) is 8.81. The normalized spacial score (nSPS) is 10.9. The fourth-order valence-corrected chi connectivity index (χ4v) is 2.00. The van der Waals surface area contributed by atoms with E-state index in [1.807, 2.05) is 18.2 Å². The van der Waals surface area contributed by atoms with Crippen LogP contribution in [0.1, 0.15) is 0 Å². The molecule has 0 aliphatic carbocycles. The van der Waals surface area contributed by atoms with Crippen LogP contribution in [-0.2, 0) is 0 Å². The Hall–Kier alpha value is -2.00. The summed E-state index contributed by atoms with van der Waals surface area (Å²) in [5.74, 6) is 0.223. The Morgan fingerprint density at radius 1 is 1.06 bits per heavy atom. The standard InChI is InChI=1S/C13H9ClN2O/c14-9-6-4-8(5-7-9)13-12-10(15-16-13)2-1-3-11(12)17/h1-7,17H,(H,15,16). The van der Waals surface area contributed by atoms with Crippen molar-refractivity contribution in [1.82, 2.24) is 10.2 Å². The molecule has 0 spiro atoms. The van der Waals surface area contributed by atoms with Crippen LogP contribution in [0.2, 0.25) is 5.02 Å². The molecule has 3 nitrogen and oxygen atoms in total. The molecule has 17 heavy (non-hydrogen) atoms. The number of hydrogen-bond acceptors (Lipinski definition) is 2. The van der Waals surface area contributed by atoms with E-state index in [2.05, 4.69) is 10.2 Å². The zero-order valence-corrected chi connectivity index (χ0v) is 9.57. The number of nitrogens with zero attached hydrogens (tertiary/aromatic N) is 1. The van der Waals surface area contributed by atoms with Gasteiger partial charge in [-0.15, -0.1) is 0 Å². The molecule has 4 heteroatoms. The van der Waals surface area contributed by atoms with Crippen molar-refractivity contribution in [2.75, 3.05) is 0 Å². The molecule has 0 saturated heterocycles. The van der Waals surface area contributed by atoms with E-state index < -0.39 is 0 Å². The van der Waals surface area contributed by atoms with Crippen molar-refractivity contribution >= 4 is 22.5 Å². The molecule has 3 rings (SSSR count). The molecular weight excluding hydrogens is 236 g/mol. The van der Waals surface area contributed by atoms with Gasteiger partial charge in [-0.3, -0.25) is 5.10 Å². The quantitative estimate of drug-likeness (QED) is 0.687. The SMILES string of the molecule is Oc1cccc2[nH]nc(-c3ccc(Cl)cc3)c12. The number of rotatable bonds is 1. The second-order valence-corrected chi connectivity index (χ2v) is 4.22. The van der Waals surface area contributed by atoms with E-state index in [0.29, 0.717) is 5.02 Å². The average molecular weight is 245 g/mol. The Kier molecular flexibility index (Phi) is 2.27. The number of nitrogens with one attached hydrogen (secondary N) is 1. The molecule has 0 saturated carbocycles. The van der Waals surface area contributed by atoms with Gasteiger partial charge in [0.1, 0.15) is 11.4 Å². The van der Waals surface area contributed by atoms with E-state index in [0.717, 1.165) is 22.2 Å². The minimum Gasteiger partial charge on any atom is -0.507 e. The number of aromatic hydroxyl groups is 1. The van der Waals surface area contributed by atoms with Gasteiger partial charge in [0, 0.05) is 10.6 Å². The Balaban J connectivity index is 2.27. The van der Waals surface area contributed by atoms with Crippen LogP contribution < -0.4 is 0 Å². The summed E-state index contributed by atoms with van der Waals surface area (Å²) in [7, 11) is 0. The van der Waals surface area contributed by atoms with Crippen molar-refractivity contribution < 1.29 is 5.11 Å². The van der Waals surface area contributed by atoms with E-state index in [1.165, 1.54) is 0 Å². The first-order chi connectivity index (χ1) is 8.25. The van der Waals surface area contributed by atoms with Crippen molar-refractivity contribution in [2.45, 2.75) is 0 Å². The van der Waals surface area contributed by atoms with Gasteiger partial charge in [-0.2, -0.15) is 5.10 Å².